The molecule has 2 aromatic rings. The first kappa shape index (κ1) is 15.1. The van der Waals surface area contributed by atoms with Crippen LogP contribution in [0.2, 0.25) is 0 Å². The Hall–Kier alpha value is -1.28. The fraction of sp³-hybridized carbons (Fsp3) is 0.556. The number of rotatable bonds is 3. The third-order valence-electron chi connectivity index (χ3n) is 3.94. The maximum absolute atomic E-state index is 6.14. The maximum Gasteiger partial charge on any atom is 0.138 e. The summed E-state index contributed by atoms with van der Waals surface area (Å²) < 4.78 is 6.14. The van der Waals surface area contributed by atoms with Gasteiger partial charge < -0.3 is 10.2 Å². The minimum absolute atomic E-state index is 0.0708. The van der Waals surface area contributed by atoms with Gasteiger partial charge in [0.2, 0.25) is 0 Å². The van der Waals surface area contributed by atoms with Crippen LogP contribution in [0, 0.1) is 0 Å². The minimum atomic E-state index is 0.0708. The number of hydrogen-bond donors (Lipinski definition) is 1. The molecule has 0 amide bonds. The summed E-state index contributed by atoms with van der Waals surface area (Å²) in [4.78, 5) is 0. The summed E-state index contributed by atoms with van der Waals surface area (Å²) in [5.74, 6) is 1.36. The zero-order valence-corrected chi connectivity index (χ0v) is 13.6. The van der Waals surface area contributed by atoms with Crippen molar-refractivity contribution in [3.8, 4) is 0 Å². The smallest absolute Gasteiger partial charge is 0.138 e. The predicted octanol–water partition coefficient (Wildman–Crippen LogP) is 4.87. The third-order valence-corrected chi connectivity index (χ3v) is 3.94. The van der Waals surface area contributed by atoms with Crippen LogP contribution in [-0.4, -0.2) is 0 Å². The first-order valence-electron chi connectivity index (χ1n) is 7.58. The number of aryl methyl sites for hydroxylation is 1. The topological polar surface area (TPSA) is 39.2 Å². The van der Waals surface area contributed by atoms with E-state index in [1.807, 2.05) is 0 Å². The Kier molecular flexibility index (Phi) is 3.97. The third kappa shape index (κ3) is 2.49. The highest BCUT2D eigenvalue weighted by Crippen LogP contribution is 2.38. The van der Waals surface area contributed by atoms with E-state index in [2.05, 4.69) is 53.7 Å². The van der Waals surface area contributed by atoms with Crippen LogP contribution < -0.4 is 5.73 Å². The largest absolute Gasteiger partial charge is 0.459 e. The lowest BCUT2D eigenvalue weighted by Crippen LogP contribution is -2.12. The minimum Gasteiger partial charge on any atom is -0.459 e. The summed E-state index contributed by atoms with van der Waals surface area (Å²) in [6, 6.07) is 4.57. The summed E-state index contributed by atoms with van der Waals surface area (Å²) in [5.41, 5.74) is 10.9. The van der Waals surface area contributed by atoms with Crippen molar-refractivity contribution in [2.24, 2.45) is 5.73 Å². The molecule has 0 bridgehead atoms. The molecule has 2 N–H and O–H groups in total. The predicted molar refractivity (Wildman–Crippen MR) is 86.3 cm³/mol. The molecule has 0 radical (unpaired) electrons. The van der Waals surface area contributed by atoms with Gasteiger partial charge in [-0.1, -0.05) is 47.6 Å². The molecule has 0 aliphatic heterocycles. The van der Waals surface area contributed by atoms with Gasteiger partial charge in [0.05, 0.1) is 6.54 Å². The second-order valence-electron chi connectivity index (χ2n) is 6.92. The Bertz CT molecular complexity index is 614. The van der Waals surface area contributed by atoms with E-state index < -0.39 is 0 Å². The van der Waals surface area contributed by atoms with Crippen molar-refractivity contribution >= 4 is 11.0 Å². The number of furan rings is 1. The zero-order chi connectivity index (χ0) is 15.1. The first-order chi connectivity index (χ1) is 9.29. The van der Waals surface area contributed by atoms with Crippen molar-refractivity contribution in [2.45, 2.75) is 65.8 Å². The second kappa shape index (κ2) is 5.25. The standard InChI is InChI=1S/C18H27NO/c1-7-12-8-13-16(11(2)3)15(10-19)20-17(13)14(9-12)18(4,5)6/h8-9,11H,7,10,19H2,1-6H3. The van der Waals surface area contributed by atoms with Gasteiger partial charge in [0.25, 0.3) is 0 Å². The molecular weight excluding hydrogens is 246 g/mol. The molecular formula is C18H27NO. The van der Waals surface area contributed by atoms with E-state index >= 15 is 0 Å². The van der Waals surface area contributed by atoms with Gasteiger partial charge in [-0.05, 0) is 29.4 Å². The van der Waals surface area contributed by atoms with E-state index in [0.717, 1.165) is 17.8 Å². The maximum atomic E-state index is 6.14. The Labute approximate surface area is 122 Å². The van der Waals surface area contributed by atoms with Gasteiger partial charge in [-0.15, -0.1) is 0 Å². The molecule has 0 unspecified atom stereocenters. The molecule has 0 aliphatic carbocycles. The molecule has 0 fully saturated rings. The highest BCUT2D eigenvalue weighted by Gasteiger charge is 2.24. The van der Waals surface area contributed by atoms with Crippen LogP contribution in [0.25, 0.3) is 11.0 Å². The second-order valence-corrected chi connectivity index (χ2v) is 6.92. The molecule has 1 aromatic carbocycles. The lowest BCUT2D eigenvalue weighted by atomic mass is 9.83. The van der Waals surface area contributed by atoms with Crippen molar-refractivity contribution in [3.05, 3.63) is 34.6 Å². The number of fused-ring (bicyclic) bond motifs is 1. The normalized spacial score (nSPS) is 12.6. The average molecular weight is 273 g/mol. The molecule has 0 atom stereocenters. The van der Waals surface area contributed by atoms with Gasteiger partial charge in [-0.2, -0.15) is 0 Å². The van der Waals surface area contributed by atoms with E-state index in [4.69, 9.17) is 10.2 Å². The molecule has 2 rings (SSSR count). The van der Waals surface area contributed by atoms with Crippen LogP contribution in [0.5, 0.6) is 0 Å². The SMILES string of the molecule is CCc1cc(C(C)(C)C)c2oc(CN)c(C(C)C)c2c1. The van der Waals surface area contributed by atoms with Crippen LogP contribution in [0.4, 0.5) is 0 Å². The Balaban J connectivity index is 2.88. The number of hydrogen-bond acceptors (Lipinski definition) is 2. The molecule has 1 heterocycles. The molecule has 2 nitrogen and oxygen atoms in total. The van der Waals surface area contributed by atoms with Crippen molar-refractivity contribution < 1.29 is 4.42 Å². The summed E-state index contributed by atoms with van der Waals surface area (Å²) >= 11 is 0. The molecule has 2 heteroatoms. The number of nitrogens with two attached hydrogens (primary N) is 1. The van der Waals surface area contributed by atoms with Gasteiger partial charge in [-0.25, -0.2) is 0 Å². The first-order valence-corrected chi connectivity index (χ1v) is 7.58. The van der Waals surface area contributed by atoms with Crippen molar-refractivity contribution in [1.29, 1.82) is 0 Å². The van der Waals surface area contributed by atoms with Crippen molar-refractivity contribution in [3.63, 3.8) is 0 Å². The average Bonchev–Trinajstić information content (AvgIpc) is 2.74. The van der Waals surface area contributed by atoms with Crippen LogP contribution >= 0.6 is 0 Å². The van der Waals surface area contributed by atoms with Crippen LogP contribution in [-0.2, 0) is 18.4 Å². The van der Waals surface area contributed by atoms with E-state index in [1.54, 1.807) is 0 Å². The molecule has 0 saturated heterocycles. The molecule has 1 aromatic heterocycles. The van der Waals surface area contributed by atoms with Gasteiger partial charge in [0.15, 0.2) is 0 Å². The van der Waals surface area contributed by atoms with E-state index in [-0.39, 0.29) is 5.41 Å². The summed E-state index contributed by atoms with van der Waals surface area (Å²) in [5, 5.41) is 1.25. The van der Waals surface area contributed by atoms with Crippen LogP contribution in [0.15, 0.2) is 16.5 Å². The van der Waals surface area contributed by atoms with Gasteiger partial charge >= 0.3 is 0 Å². The number of benzene rings is 1. The lowest BCUT2D eigenvalue weighted by molar-refractivity contribution is 0.520. The van der Waals surface area contributed by atoms with E-state index in [0.29, 0.717) is 12.5 Å². The van der Waals surface area contributed by atoms with Gasteiger partial charge in [0, 0.05) is 16.5 Å². The quantitative estimate of drug-likeness (QED) is 0.866. The lowest BCUT2D eigenvalue weighted by Gasteiger charge is -2.20. The highest BCUT2D eigenvalue weighted by atomic mass is 16.3. The van der Waals surface area contributed by atoms with Crippen molar-refractivity contribution in [1.82, 2.24) is 0 Å². The molecule has 110 valence electrons. The fourth-order valence-electron chi connectivity index (χ4n) is 2.87. The van der Waals surface area contributed by atoms with Crippen LogP contribution in [0.1, 0.15) is 69.9 Å². The monoisotopic (exact) mass is 273 g/mol. The Morgan fingerprint density at radius 2 is 1.85 bits per heavy atom. The Morgan fingerprint density at radius 1 is 1.20 bits per heavy atom. The van der Waals surface area contributed by atoms with Gasteiger partial charge in [-0.3, -0.25) is 0 Å². The van der Waals surface area contributed by atoms with E-state index in [9.17, 15) is 0 Å². The Morgan fingerprint density at radius 3 is 2.30 bits per heavy atom. The molecule has 0 saturated carbocycles. The summed E-state index contributed by atoms with van der Waals surface area (Å²) in [6.45, 7) is 13.8. The highest BCUT2D eigenvalue weighted by molar-refractivity contribution is 5.87. The molecule has 0 aliphatic rings. The summed E-state index contributed by atoms with van der Waals surface area (Å²) in [7, 11) is 0. The van der Waals surface area contributed by atoms with Crippen LogP contribution in [0.3, 0.4) is 0 Å². The molecule has 0 spiro atoms. The van der Waals surface area contributed by atoms with E-state index in [1.165, 1.54) is 22.1 Å². The zero-order valence-electron chi connectivity index (χ0n) is 13.6. The molecule has 20 heavy (non-hydrogen) atoms. The summed E-state index contributed by atoms with van der Waals surface area (Å²) in [6.07, 6.45) is 1.04. The fourth-order valence-corrected chi connectivity index (χ4v) is 2.87. The van der Waals surface area contributed by atoms with Gasteiger partial charge in [0.1, 0.15) is 11.3 Å². The van der Waals surface area contributed by atoms with Crippen molar-refractivity contribution in [2.75, 3.05) is 0 Å².